The van der Waals surface area contributed by atoms with Crippen molar-refractivity contribution in [1.29, 1.82) is 0 Å². The first-order valence-electron chi connectivity index (χ1n) is 12.8. The summed E-state index contributed by atoms with van der Waals surface area (Å²) in [6.07, 6.45) is -3.18. The summed E-state index contributed by atoms with van der Waals surface area (Å²) in [5.74, 6) is -0.752. The molecular weight excluding hydrogens is 557 g/mol. The summed E-state index contributed by atoms with van der Waals surface area (Å²) in [6.45, 7) is 1.32. The number of hydrogen-bond acceptors (Lipinski definition) is 9. The van der Waals surface area contributed by atoms with Crippen LogP contribution in [0.5, 0.6) is 17.2 Å². The van der Waals surface area contributed by atoms with E-state index >= 15 is 0 Å². The Hall–Kier alpha value is -2.91. The van der Waals surface area contributed by atoms with Crippen molar-refractivity contribution < 1.29 is 50.5 Å². The lowest BCUT2D eigenvalue weighted by molar-refractivity contribution is -0.274. The predicted molar refractivity (Wildman–Crippen MR) is 135 cm³/mol. The highest BCUT2D eigenvalue weighted by Gasteiger charge is 2.53. The van der Waals surface area contributed by atoms with E-state index in [-0.39, 0.29) is 48.9 Å². The van der Waals surface area contributed by atoms with Crippen molar-refractivity contribution in [2.24, 2.45) is 0 Å². The fourth-order valence-corrected chi connectivity index (χ4v) is 6.62. The molecule has 220 valence electrons. The van der Waals surface area contributed by atoms with Crippen LogP contribution in [0.3, 0.4) is 0 Å². The quantitative estimate of drug-likeness (QED) is 0.401. The number of sulfone groups is 1. The smallest absolute Gasteiger partial charge is 0.457 e. The van der Waals surface area contributed by atoms with Gasteiger partial charge < -0.3 is 24.2 Å². The van der Waals surface area contributed by atoms with Crippen molar-refractivity contribution in [3.63, 3.8) is 0 Å². The molecule has 0 aromatic heterocycles. The van der Waals surface area contributed by atoms with Gasteiger partial charge in [-0.1, -0.05) is 0 Å². The number of rotatable bonds is 10. The maximum absolute atomic E-state index is 13.9. The third kappa shape index (κ3) is 7.23. The number of aliphatic hydroxyl groups excluding tert-OH is 1. The minimum Gasteiger partial charge on any atom is -0.457 e. The molecule has 10 nitrogen and oxygen atoms in total. The van der Waals surface area contributed by atoms with Crippen LogP contribution >= 0.6 is 0 Å². The second-order valence-corrected chi connectivity index (χ2v) is 11.8. The number of carbonyl (C=O) groups excluding carboxylic acids is 1. The zero-order valence-corrected chi connectivity index (χ0v) is 22.4. The predicted octanol–water partition coefficient (Wildman–Crippen LogP) is 3.55. The molecule has 2 aliphatic heterocycles. The number of hydrogen-bond donors (Lipinski definition) is 2. The van der Waals surface area contributed by atoms with Crippen LogP contribution in [0.25, 0.3) is 0 Å². The maximum atomic E-state index is 13.9. The van der Waals surface area contributed by atoms with E-state index < -0.39 is 38.9 Å². The number of alkyl halides is 3. The number of likely N-dealkylation sites (tertiary alicyclic amines) is 1. The van der Waals surface area contributed by atoms with E-state index in [2.05, 4.69) is 10.2 Å². The molecule has 2 aromatic carbocycles. The van der Waals surface area contributed by atoms with Crippen molar-refractivity contribution in [3.05, 3.63) is 48.5 Å². The van der Waals surface area contributed by atoms with Gasteiger partial charge in [0, 0.05) is 32.7 Å². The first-order chi connectivity index (χ1) is 19.0. The van der Waals surface area contributed by atoms with Crippen LogP contribution in [0.1, 0.15) is 32.1 Å². The molecule has 2 fully saturated rings. The molecule has 2 N–H and O–H groups in total. The third-order valence-corrected chi connectivity index (χ3v) is 9.37. The molecule has 2 aromatic rings. The number of aliphatic hydroxyl groups is 1. The highest BCUT2D eigenvalue weighted by atomic mass is 32.2. The molecule has 40 heavy (non-hydrogen) atoms. The van der Waals surface area contributed by atoms with Gasteiger partial charge >= 0.3 is 6.36 Å². The lowest BCUT2D eigenvalue weighted by Crippen LogP contribution is -2.58. The van der Waals surface area contributed by atoms with Crippen LogP contribution in [-0.4, -0.2) is 74.6 Å². The topological polar surface area (TPSA) is 124 Å². The Kier molecular flexibility index (Phi) is 9.56. The van der Waals surface area contributed by atoms with E-state index in [1.807, 2.05) is 4.90 Å². The summed E-state index contributed by atoms with van der Waals surface area (Å²) in [5.41, 5.74) is 2.33. The molecule has 0 aliphatic carbocycles. The highest BCUT2D eigenvalue weighted by molar-refractivity contribution is 7.93. The van der Waals surface area contributed by atoms with Gasteiger partial charge in [-0.25, -0.2) is 18.7 Å². The van der Waals surface area contributed by atoms with Crippen molar-refractivity contribution in [1.82, 2.24) is 10.4 Å². The fourth-order valence-electron chi connectivity index (χ4n) is 4.67. The number of nitrogens with zero attached hydrogens (tertiary/aromatic N) is 1. The highest BCUT2D eigenvalue weighted by Crippen LogP contribution is 2.37. The van der Waals surface area contributed by atoms with Crippen LogP contribution in [0, 0.1) is 0 Å². The molecule has 14 heteroatoms. The number of piperidine rings is 1. The van der Waals surface area contributed by atoms with Gasteiger partial charge in [0.25, 0.3) is 5.91 Å². The molecule has 2 heterocycles. The summed E-state index contributed by atoms with van der Waals surface area (Å²) in [7, 11) is -4.23. The van der Waals surface area contributed by atoms with Gasteiger partial charge in [0.05, 0.1) is 11.5 Å². The summed E-state index contributed by atoms with van der Waals surface area (Å²) < 4.78 is 78.0. The Bertz CT molecular complexity index is 1230. The molecule has 0 bridgehead atoms. The van der Waals surface area contributed by atoms with Crippen LogP contribution in [0.4, 0.5) is 13.2 Å². The maximum Gasteiger partial charge on any atom is 0.573 e. The molecule has 4 rings (SSSR count). The number of amides is 1. The van der Waals surface area contributed by atoms with Crippen molar-refractivity contribution >= 4 is 15.7 Å². The zero-order valence-electron chi connectivity index (χ0n) is 21.6. The Balaban J connectivity index is 1.50. The summed E-state index contributed by atoms with van der Waals surface area (Å²) >= 11 is 0. The lowest BCUT2D eigenvalue weighted by atomic mass is 9.95. The molecule has 1 unspecified atom stereocenters. The molecule has 0 radical (unpaired) electrons. The first kappa shape index (κ1) is 30.1. The van der Waals surface area contributed by atoms with Gasteiger partial charge in [0.15, 0.2) is 20.9 Å². The van der Waals surface area contributed by atoms with E-state index in [1.54, 1.807) is 0 Å². The number of halogens is 3. The summed E-state index contributed by atoms with van der Waals surface area (Å²) in [4.78, 5) is 20.6. The van der Waals surface area contributed by atoms with E-state index in [1.165, 1.54) is 36.4 Å². The zero-order chi connectivity index (χ0) is 28.8. The van der Waals surface area contributed by atoms with Crippen molar-refractivity contribution in [2.45, 2.75) is 54.4 Å². The Labute approximate surface area is 229 Å². The van der Waals surface area contributed by atoms with Crippen LogP contribution < -0.4 is 15.0 Å². The van der Waals surface area contributed by atoms with Gasteiger partial charge in [-0.3, -0.25) is 4.79 Å². The minimum atomic E-state index is -4.82. The molecule has 1 atom stereocenters. The van der Waals surface area contributed by atoms with E-state index in [0.29, 0.717) is 19.6 Å². The SMILES string of the molecule is O=C(NOC1CCCCO1)C1(S(=O)(=O)c2ccc(Oc3ccc(OC(F)(F)F)cc3)cc2)CCN(CCO)CC1. The largest absolute Gasteiger partial charge is 0.573 e. The lowest BCUT2D eigenvalue weighted by Gasteiger charge is -2.39. The Morgan fingerprint density at radius 3 is 2.17 bits per heavy atom. The number of ether oxygens (including phenoxy) is 3. The molecular formula is C26H31F3N2O8S. The van der Waals surface area contributed by atoms with Gasteiger partial charge in [0.2, 0.25) is 0 Å². The molecule has 1 amide bonds. The Morgan fingerprint density at radius 2 is 1.62 bits per heavy atom. The van der Waals surface area contributed by atoms with Crippen LogP contribution in [0.15, 0.2) is 53.4 Å². The van der Waals surface area contributed by atoms with Gasteiger partial charge in [-0.05, 0) is 74.2 Å². The number of nitrogens with one attached hydrogen (secondary N) is 1. The molecule has 2 saturated heterocycles. The van der Waals surface area contributed by atoms with Crippen LogP contribution in [0.2, 0.25) is 0 Å². The fraction of sp³-hybridized carbons (Fsp3) is 0.500. The number of hydroxylamine groups is 1. The van der Waals surface area contributed by atoms with Gasteiger partial charge in [0.1, 0.15) is 17.2 Å². The number of β-amino-alcohol motifs (C(OH)–C–C–N with tert-alkyl or cyclic N) is 1. The van der Waals surface area contributed by atoms with Crippen molar-refractivity contribution in [2.75, 3.05) is 32.8 Å². The monoisotopic (exact) mass is 588 g/mol. The van der Waals surface area contributed by atoms with E-state index in [9.17, 15) is 31.5 Å². The number of benzene rings is 2. The minimum absolute atomic E-state index is 0.0132. The second-order valence-electron chi connectivity index (χ2n) is 9.50. The molecule has 0 spiro atoms. The summed E-state index contributed by atoms with van der Waals surface area (Å²) in [6, 6.07) is 10.2. The normalized spacial score (nSPS) is 20.1. The number of carbonyl (C=O) groups is 1. The van der Waals surface area contributed by atoms with Crippen molar-refractivity contribution in [3.8, 4) is 17.2 Å². The van der Waals surface area contributed by atoms with Gasteiger partial charge in [-0.2, -0.15) is 0 Å². The van der Waals surface area contributed by atoms with E-state index in [0.717, 1.165) is 25.0 Å². The molecule has 0 saturated carbocycles. The molecule has 2 aliphatic rings. The van der Waals surface area contributed by atoms with Crippen LogP contribution in [-0.2, 0) is 24.2 Å². The second kappa shape index (κ2) is 12.7. The first-order valence-corrected chi connectivity index (χ1v) is 14.3. The average molecular weight is 589 g/mol. The summed E-state index contributed by atoms with van der Waals surface area (Å²) in [5, 5.41) is 9.28. The average Bonchev–Trinajstić information content (AvgIpc) is 2.93. The standard InChI is InChI=1S/C26H31F3N2O8S/c27-26(28,29)38-21-6-4-19(5-7-21)37-20-8-10-22(11-9-20)40(34,35)25(12-14-31(15-13-25)16-17-32)24(33)30-39-23-3-1-2-18-36-23/h4-11,23,32H,1-3,12-18H2,(H,30,33). The van der Waals surface area contributed by atoms with E-state index in [4.69, 9.17) is 14.3 Å². The Morgan fingerprint density at radius 1 is 1.02 bits per heavy atom. The van der Waals surface area contributed by atoms with Gasteiger partial charge in [-0.15, -0.1) is 13.2 Å². The third-order valence-electron chi connectivity index (χ3n) is 6.86.